The molecule has 2 aromatic rings. The SMILES string of the molecule is CCOc1ccc(C(C)(C)/C=N/Nc2c(F)c(F)c(F)c(F)c2F)cc1. The van der Waals surface area contributed by atoms with Crippen LogP contribution < -0.4 is 10.2 Å². The second-order valence-corrected chi connectivity index (χ2v) is 5.99. The van der Waals surface area contributed by atoms with Gasteiger partial charge in [0, 0.05) is 11.6 Å². The van der Waals surface area contributed by atoms with Crippen LogP contribution in [0.5, 0.6) is 5.75 Å². The van der Waals surface area contributed by atoms with Gasteiger partial charge in [0.1, 0.15) is 11.4 Å². The first-order chi connectivity index (χ1) is 12.2. The fourth-order valence-electron chi connectivity index (χ4n) is 2.18. The van der Waals surface area contributed by atoms with Crippen molar-refractivity contribution in [3.8, 4) is 5.75 Å². The molecule has 1 N–H and O–H groups in total. The lowest BCUT2D eigenvalue weighted by atomic mass is 9.86. The van der Waals surface area contributed by atoms with E-state index in [0.717, 1.165) is 5.56 Å². The van der Waals surface area contributed by atoms with Crippen molar-refractivity contribution >= 4 is 11.9 Å². The van der Waals surface area contributed by atoms with Crippen molar-refractivity contribution in [2.24, 2.45) is 5.10 Å². The van der Waals surface area contributed by atoms with Gasteiger partial charge in [0.2, 0.25) is 5.82 Å². The summed E-state index contributed by atoms with van der Waals surface area (Å²) in [6.07, 6.45) is 1.31. The number of hydrogen-bond donors (Lipinski definition) is 1. The number of nitrogens with one attached hydrogen (secondary N) is 1. The molecule has 0 aliphatic carbocycles. The highest BCUT2D eigenvalue weighted by atomic mass is 19.2. The van der Waals surface area contributed by atoms with Crippen LogP contribution >= 0.6 is 0 Å². The molecule has 0 fully saturated rings. The molecule has 0 radical (unpaired) electrons. The molecular formula is C18H17F5N2O. The molecule has 26 heavy (non-hydrogen) atoms. The number of hydrazone groups is 1. The average Bonchev–Trinajstić information content (AvgIpc) is 2.62. The minimum absolute atomic E-state index is 0.524. The molecule has 0 unspecified atom stereocenters. The minimum atomic E-state index is -2.22. The number of ether oxygens (including phenoxy) is 1. The first kappa shape index (κ1) is 19.7. The molecule has 0 heterocycles. The third-order valence-corrected chi connectivity index (χ3v) is 3.68. The number of nitrogens with zero attached hydrogens (tertiary/aromatic N) is 1. The summed E-state index contributed by atoms with van der Waals surface area (Å²) in [6, 6.07) is 7.09. The summed E-state index contributed by atoms with van der Waals surface area (Å²) in [6.45, 7) is 5.92. The fraction of sp³-hybridized carbons (Fsp3) is 0.278. The van der Waals surface area contributed by atoms with Crippen LogP contribution in [0, 0.1) is 29.1 Å². The molecule has 8 heteroatoms. The lowest BCUT2D eigenvalue weighted by Crippen LogP contribution is -2.20. The van der Waals surface area contributed by atoms with Gasteiger partial charge in [-0.3, -0.25) is 5.43 Å². The molecule has 0 aliphatic rings. The molecule has 0 saturated carbocycles. The number of hydrogen-bond acceptors (Lipinski definition) is 3. The van der Waals surface area contributed by atoms with Crippen LogP contribution in [-0.2, 0) is 5.41 Å². The number of benzene rings is 2. The highest BCUT2D eigenvalue weighted by Crippen LogP contribution is 2.28. The molecule has 0 atom stereocenters. The van der Waals surface area contributed by atoms with Crippen molar-refractivity contribution in [3.05, 3.63) is 58.9 Å². The first-order valence-corrected chi connectivity index (χ1v) is 7.74. The molecule has 0 saturated heterocycles. The lowest BCUT2D eigenvalue weighted by Gasteiger charge is -2.20. The summed E-state index contributed by atoms with van der Waals surface area (Å²) < 4.78 is 71.9. The van der Waals surface area contributed by atoms with Gasteiger partial charge in [0.15, 0.2) is 23.3 Å². The third kappa shape index (κ3) is 3.95. The Morgan fingerprint density at radius 1 is 0.923 bits per heavy atom. The maximum absolute atomic E-state index is 13.6. The van der Waals surface area contributed by atoms with Crippen LogP contribution in [-0.4, -0.2) is 12.8 Å². The van der Waals surface area contributed by atoms with Crippen molar-refractivity contribution in [1.82, 2.24) is 0 Å². The van der Waals surface area contributed by atoms with Crippen molar-refractivity contribution in [1.29, 1.82) is 0 Å². The zero-order valence-electron chi connectivity index (χ0n) is 14.3. The van der Waals surface area contributed by atoms with E-state index < -0.39 is 40.2 Å². The van der Waals surface area contributed by atoms with Crippen LogP contribution in [0.3, 0.4) is 0 Å². The average molecular weight is 372 g/mol. The largest absolute Gasteiger partial charge is 0.494 e. The Bertz CT molecular complexity index is 790. The Morgan fingerprint density at radius 3 is 1.92 bits per heavy atom. The van der Waals surface area contributed by atoms with Gasteiger partial charge in [-0.15, -0.1) is 0 Å². The van der Waals surface area contributed by atoms with Crippen molar-refractivity contribution in [2.75, 3.05) is 12.0 Å². The second-order valence-electron chi connectivity index (χ2n) is 5.99. The van der Waals surface area contributed by atoms with Crippen molar-refractivity contribution in [2.45, 2.75) is 26.2 Å². The molecule has 2 aromatic carbocycles. The molecule has 0 bridgehead atoms. The van der Waals surface area contributed by atoms with Crippen molar-refractivity contribution < 1.29 is 26.7 Å². The van der Waals surface area contributed by atoms with E-state index in [1.54, 1.807) is 38.1 Å². The third-order valence-electron chi connectivity index (χ3n) is 3.68. The predicted octanol–water partition coefficient (Wildman–Crippen LogP) is 5.16. The van der Waals surface area contributed by atoms with E-state index in [9.17, 15) is 22.0 Å². The molecule has 3 nitrogen and oxygen atoms in total. The highest BCUT2D eigenvalue weighted by Gasteiger charge is 2.26. The maximum atomic E-state index is 13.6. The Kier molecular flexibility index (Phi) is 5.84. The van der Waals surface area contributed by atoms with E-state index in [1.807, 2.05) is 12.3 Å². The lowest BCUT2D eigenvalue weighted by molar-refractivity contribution is 0.340. The summed E-state index contributed by atoms with van der Waals surface area (Å²) in [5.74, 6) is -9.55. The highest BCUT2D eigenvalue weighted by molar-refractivity contribution is 5.73. The Hall–Kier alpha value is -2.64. The summed E-state index contributed by atoms with van der Waals surface area (Å²) in [5, 5.41) is 3.64. The number of rotatable bonds is 6. The zero-order chi connectivity index (χ0) is 19.5. The van der Waals surface area contributed by atoms with E-state index >= 15 is 0 Å². The van der Waals surface area contributed by atoms with Gasteiger partial charge >= 0.3 is 0 Å². The fourth-order valence-corrected chi connectivity index (χ4v) is 2.18. The Labute approximate surface area is 147 Å². The number of halogens is 5. The van der Waals surface area contributed by atoms with E-state index in [2.05, 4.69) is 5.10 Å². The Morgan fingerprint density at radius 2 is 1.42 bits per heavy atom. The molecular weight excluding hydrogens is 355 g/mol. The first-order valence-electron chi connectivity index (χ1n) is 7.74. The monoisotopic (exact) mass is 372 g/mol. The van der Waals surface area contributed by atoms with Crippen LogP contribution in [0.4, 0.5) is 27.6 Å². The van der Waals surface area contributed by atoms with Crippen molar-refractivity contribution in [3.63, 3.8) is 0 Å². The standard InChI is InChI=1S/C18H17F5N2O/c1-4-26-11-7-5-10(6-8-11)18(2,3)9-24-25-17-15(22)13(20)12(19)14(21)16(17)23/h5-9,25H,4H2,1-3H3/b24-9+. The van der Waals surface area contributed by atoms with Gasteiger partial charge in [0.05, 0.1) is 6.61 Å². The summed E-state index contributed by atoms with van der Waals surface area (Å²) in [4.78, 5) is 0. The van der Waals surface area contributed by atoms with Gasteiger partial charge in [-0.25, -0.2) is 22.0 Å². The van der Waals surface area contributed by atoms with Gasteiger partial charge in [0.25, 0.3) is 0 Å². The smallest absolute Gasteiger partial charge is 0.200 e. The van der Waals surface area contributed by atoms with Gasteiger partial charge in [-0.2, -0.15) is 5.10 Å². The van der Waals surface area contributed by atoms with E-state index in [1.165, 1.54) is 6.21 Å². The van der Waals surface area contributed by atoms with E-state index in [-0.39, 0.29) is 0 Å². The maximum Gasteiger partial charge on any atom is 0.200 e. The normalized spacial score (nSPS) is 11.8. The van der Waals surface area contributed by atoms with E-state index in [0.29, 0.717) is 12.4 Å². The molecule has 2 rings (SSSR count). The Balaban J connectivity index is 2.22. The van der Waals surface area contributed by atoms with Gasteiger partial charge < -0.3 is 4.74 Å². The topological polar surface area (TPSA) is 33.6 Å². The quantitative estimate of drug-likeness (QED) is 0.250. The van der Waals surface area contributed by atoms with Crippen LogP contribution in [0.1, 0.15) is 26.3 Å². The minimum Gasteiger partial charge on any atom is -0.494 e. The zero-order valence-corrected chi connectivity index (χ0v) is 14.3. The number of anilines is 1. The molecule has 0 aromatic heterocycles. The van der Waals surface area contributed by atoms with Gasteiger partial charge in [-0.05, 0) is 24.6 Å². The molecule has 0 aliphatic heterocycles. The van der Waals surface area contributed by atoms with Gasteiger partial charge in [-0.1, -0.05) is 26.0 Å². The molecule has 140 valence electrons. The molecule has 0 spiro atoms. The van der Waals surface area contributed by atoms with E-state index in [4.69, 9.17) is 4.74 Å². The van der Waals surface area contributed by atoms with Crippen LogP contribution in [0.15, 0.2) is 29.4 Å². The second kappa shape index (κ2) is 7.72. The molecule has 0 amide bonds. The summed E-state index contributed by atoms with van der Waals surface area (Å²) >= 11 is 0. The van der Waals surface area contributed by atoms with Crippen LogP contribution in [0.25, 0.3) is 0 Å². The predicted molar refractivity (Wildman–Crippen MR) is 89.0 cm³/mol. The van der Waals surface area contributed by atoms with Crippen LogP contribution in [0.2, 0.25) is 0 Å². The summed E-state index contributed by atoms with van der Waals surface area (Å²) in [7, 11) is 0. The summed E-state index contributed by atoms with van der Waals surface area (Å²) in [5.41, 5.74) is 0.818.